The Morgan fingerprint density at radius 3 is 2.71 bits per heavy atom. The van der Waals surface area contributed by atoms with E-state index in [1.165, 1.54) is 25.7 Å². The van der Waals surface area contributed by atoms with E-state index >= 15 is 0 Å². The van der Waals surface area contributed by atoms with Gasteiger partial charge in [0.2, 0.25) is 0 Å². The van der Waals surface area contributed by atoms with Gasteiger partial charge in [-0.2, -0.15) is 0 Å². The van der Waals surface area contributed by atoms with Crippen molar-refractivity contribution in [1.29, 1.82) is 0 Å². The first kappa shape index (κ1) is 10.2. The van der Waals surface area contributed by atoms with Gasteiger partial charge in [-0.15, -0.1) is 0 Å². The molecule has 0 aromatic carbocycles. The molecule has 3 atom stereocenters. The molecule has 0 amide bonds. The maximum atomic E-state index is 10.3. The van der Waals surface area contributed by atoms with Crippen LogP contribution in [0.4, 0.5) is 0 Å². The summed E-state index contributed by atoms with van der Waals surface area (Å²) in [4.78, 5) is 10.3. The van der Waals surface area contributed by atoms with Crippen molar-refractivity contribution in [2.75, 3.05) is 0 Å². The van der Waals surface area contributed by atoms with Crippen molar-refractivity contribution >= 4 is 6.29 Å². The Kier molecular flexibility index (Phi) is 2.68. The second-order valence-electron chi connectivity index (χ2n) is 5.80. The van der Waals surface area contributed by atoms with Crippen molar-refractivity contribution in [2.24, 2.45) is 23.2 Å². The van der Waals surface area contributed by atoms with Crippen LogP contribution in [0.5, 0.6) is 0 Å². The molecule has 0 radical (unpaired) electrons. The SMILES string of the molecule is CC1(C)C2CCC(CCCC=O)C1C2. The highest BCUT2D eigenvalue weighted by atomic mass is 16.1. The number of fused-ring (bicyclic) bond motifs is 2. The highest BCUT2D eigenvalue weighted by Gasteiger charge is 2.53. The third-order valence-corrected chi connectivity index (χ3v) is 4.90. The lowest BCUT2D eigenvalue weighted by atomic mass is 9.45. The second kappa shape index (κ2) is 3.67. The molecule has 14 heavy (non-hydrogen) atoms. The van der Waals surface area contributed by atoms with Crippen LogP contribution in [0.25, 0.3) is 0 Å². The van der Waals surface area contributed by atoms with Crippen molar-refractivity contribution in [3.63, 3.8) is 0 Å². The number of aldehydes is 1. The van der Waals surface area contributed by atoms with Crippen LogP contribution >= 0.6 is 0 Å². The molecule has 0 saturated heterocycles. The smallest absolute Gasteiger partial charge is 0.119 e. The van der Waals surface area contributed by atoms with E-state index in [9.17, 15) is 4.79 Å². The van der Waals surface area contributed by atoms with Crippen LogP contribution < -0.4 is 0 Å². The van der Waals surface area contributed by atoms with E-state index in [-0.39, 0.29) is 0 Å². The van der Waals surface area contributed by atoms with Crippen LogP contribution in [0, 0.1) is 23.2 Å². The van der Waals surface area contributed by atoms with Gasteiger partial charge >= 0.3 is 0 Å². The molecular formula is C13H22O. The molecule has 3 aliphatic carbocycles. The van der Waals surface area contributed by atoms with Crippen LogP contribution in [-0.2, 0) is 4.79 Å². The normalized spacial score (nSPS) is 38.9. The third-order valence-electron chi connectivity index (χ3n) is 4.90. The van der Waals surface area contributed by atoms with Crippen molar-refractivity contribution in [3.8, 4) is 0 Å². The van der Waals surface area contributed by atoms with Gasteiger partial charge < -0.3 is 4.79 Å². The molecule has 0 N–H and O–H groups in total. The Bertz CT molecular complexity index is 217. The van der Waals surface area contributed by atoms with Crippen LogP contribution in [-0.4, -0.2) is 6.29 Å². The summed E-state index contributed by atoms with van der Waals surface area (Å²) in [6.45, 7) is 4.88. The molecule has 1 nitrogen and oxygen atoms in total. The van der Waals surface area contributed by atoms with E-state index in [1.54, 1.807) is 0 Å². The summed E-state index contributed by atoms with van der Waals surface area (Å²) in [7, 11) is 0. The fourth-order valence-electron chi connectivity index (χ4n) is 3.77. The number of unbranched alkanes of at least 4 members (excludes halogenated alkanes) is 1. The Balaban J connectivity index is 1.85. The monoisotopic (exact) mass is 194 g/mol. The average molecular weight is 194 g/mol. The molecule has 80 valence electrons. The molecule has 0 aliphatic heterocycles. The van der Waals surface area contributed by atoms with Gasteiger partial charge in [0.1, 0.15) is 6.29 Å². The van der Waals surface area contributed by atoms with E-state index in [2.05, 4.69) is 13.8 Å². The number of carbonyl (C=O) groups is 1. The Labute approximate surface area is 87.3 Å². The molecule has 1 heteroatoms. The Morgan fingerprint density at radius 1 is 1.36 bits per heavy atom. The van der Waals surface area contributed by atoms with Gasteiger partial charge in [0.25, 0.3) is 0 Å². The largest absolute Gasteiger partial charge is 0.303 e. The van der Waals surface area contributed by atoms with Gasteiger partial charge in [0.05, 0.1) is 0 Å². The average Bonchev–Trinajstić information content (AvgIpc) is 2.18. The first-order chi connectivity index (χ1) is 6.66. The number of hydrogen-bond donors (Lipinski definition) is 0. The highest BCUT2D eigenvalue weighted by Crippen LogP contribution is 2.62. The molecule has 0 spiro atoms. The van der Waals surface area contributed by atoms with E-state index in [4.69, 9.17) is 0 Å². The van der Waals surface area contributed by atoms with Crippen molar-refractivity contribution in [2.45, 2.75) is 52.4 Å². The lowest BCUT2D eigenvalue weighted by Gasteiger charge is -2.60. The standard InChI is InChI=1S/C13H22O/c1-13(2)11-7-6-10(12(13)9-11)5-3-4-8-14/h8,10-12H,3-7,9H2,1-2H3. The van der Waals surface area contributed by atoms with E-state index in [0.717, 1.165) is 36.9 Å². The van der Waals surface area contributed by atoms with Crippen LogP contribution in [0.1, 0.15) is 52.4 Å². The Hall–Kier alpha value is -0.330. The zero-order valence-corrected chi connectivity index (χ0v) is 9.46. The van der Waals surface area contributed by atoms with Gasteiger partial charge in [0.15, 0.2) is 0 Å². The maximum Gasteiger partial charge on any atom is 0.119 e. The van der Waals surface area contributed by atoms with Crippen LogP contribution in [0.15, 0.2) is 0 Å². The van der Waals surface area contributed by atoms with Gasteiger partial charge in [-0.1, -0.05) is 13.8 Å². The van der Waals surface area contributed by atoms with Crippen molar-refractivity contribution in [3.05, 3.63) is 0 Å². The summed E-state index contributed by atoms with van der Waals surface area (Å²) in [5, 5.41) is 0. The molecular weight excluding hydrogens is 172 g/mol. The lowest BCUT2D eigenvalue weighted by Crippen LogP contribution is -2.52. The maximum absolute atomic E-state index is 10.3. The molecule has 3 saturated carbocycles. The van der Waals surface area contributed by atoms with E-state index < -0.39 is 0 Å². The predicted octanol–water partition coefficient (Wildman–Crippen LogP) is 3.43. The summed E-state index contributed by atoms with van der Waals surface area (Å²) < 4.78 is 0. The van der Waals surface area contributed by atoms with E-state index in [1.807, 2.05) is 0 Å². The molecule has 3 rings (SSSR count). The van der Waals surface area contributed by atoms with Crippen molar-refractivity contribution in [1.82, 2.24) is 0 Å². The number of hydrogen-bond acceptors (Lipinski definition) is 1. The third kappa shape index (κ3) is 1.51. The van der Waals surface area contributed by atoms with Crippen LogP contribution in [0.2, 0.25) is 0 Å². The second-order valence-corrected chi connectivity index (χ2v) is 5.80. The zero-order valence-electron chi connectivity index (χ0n) is 9.46. The molecule has 3 unspecified atom stereocenters. The predicted molar refractivity (Wildman–Crippen MR) is 58.0 cm³/mol. The summed E-state index contributed by atoms with van der Waals surface area (Å²) >= 11 is 0. The van der Waals surface area contributed by atoms with Gasteiger partial charge in [0, 0.05) is 6.42 Å². The fraction of sp³-hybridized carbons (Fsp3) is 0.923. The topological polar surface area (TPSA) is 17.1 Å². The Morgan fingerprint density at radius 2 is 2.14 bits per heavy atom. The van der Waals surface area contributed by atoms with Gasteiger partial charge in [-0.3, -0.25) is 0 Å². The summed E-state index contributed by atoms with van der Waals surface area (Å²) in [5.74, 6) is 2.90. The lowest BCUT2D eigenvalue weighted by molar-refractivity contribution is -0.111. The first-order valence-corrected chi connectivity index (χ1v) is 6.10. The first-order valence-electron chi connectivity index (χ1n) is 6.10. The molecule has 2 bridgehead atoms. The summed E-state index contributed by atoms with van der Waals surface area (Å²) in [6.07, 6.45) is 8.58. The minimum atomic E-state index is 0.615. The summed E-state index contributed by atoms with van der Waals surface area (Å²) in [5.41, 5.74) is 0.615. The number of carbonyl (C=O) groups excluding carboxylic acids is 1. The van der Waals surface area contributed by atoms with Gasteiger partial charge in [-0.05, 0) is 55.3 Å². The molecule has 3 aliphatic rings. The molecule has 0 aromatic heterocycles. The van der Waals surface area contributed by atoms with Crippen molar-refractivity contribution < 1.29 is 4.79 Å². The minimum Gasteiger partial charge on any atom is -0.303 e. The van der Waals surface area contributed by atoms with Crippen LogP contribution in [0.3, 0.4) is 0 Å². The zero-order chi connectivity index (χ0) is 10.2. The molecule has 3 fully saturated rings. The quantitative estimate of drug-likeness (QED) is 0.495. The minimum absolute atomic E-state index is 0.615. The molecule has 0 heterocycles. The van der Waals surface area contributed by atoms with Gasteiger partial charge in [-0.25, -0.2) is 0 Å². The molecule has 0 aromatic rings. The fourth-order valence-corrected chi connectivity index (χ4v) is 3.77. The van der Waals surface area contributed by atoms with E-state index in [0.29, 0.717) is 5.41 Å². The highest BCUT2D eigenvalue weighted by molar-refractivity contribution is 5.48. The summed E-state index contributed by atoms with van der Waals surface area (Å²) in [6, 6.07) is 0. The number of rotatable bonds is 4.